The summed E-state index contributed by atoms with van der Waals surface area (Å²) in [6.45, 7) is 1.74. The van der Waals surface area contributed by atoms with Crippen LogP contribution in [0.25, 0.3) is 0 Å². The Morgan fingerprint density at radius 1 is 1.48 bits per heavy atom. The lowest BCUT2D eigenvalue weighted by molar-refractivity contribution is -0.386. The first-order chi connectivity index (χ1) is 9.90. The largest absolute Gasteiger partial charge is 0.481 e. The van der Waals surface area contributed by atoms with Gasteiger partial charge in [-0.2, -0.15) is 0 Å². The molecule has 0 amide bonds. The first kappa shape index (κ1) is 16.4. The minimum Gasteiger partial charge on any atom is -0.481 e. The Morgan fingerprint density at radius 3 is 2.71 bits per heavy atom. The average molecular weight is 437 g/mol. The molecule has 2 rings (SSSR count). The van der Waals surface area contributed by atoms with E-state index in [-0.39, 0.29) is 18.0 Å². The van der Waals surface area contributed by atoms with Crippen molar-refractivity contribution >= 4 is 48.9 Å². The highest BCUT2D eigenvalue weighted by atomic mass is 79.9. The lowest BCUT2D eigenvalue weighted by Crippen LogP contribution is -2.04. The monoisotopic (exact) mass is 435 g/mol. The minimum absolute atomic E-state index is 0.0958. The molecule has 0 fully saturated rings. The van der Waals surface area contributed by atoms with E-state index in [9.17, 15) is 15.2 Å². The molecule has 0 unspecified atom stereocenters. The molecule has 1 aromatic carbocycles. The van der Waals surface area contributed by atoms with Crippen LogP contribution in [-0.2, 0) is 6.61 Å². The third-order valence-electron chi connectivity index (χ3n) is 2.75. The summed E-state index contributed by atoms with van der Waals surface area (Å²) in [6, 6.07) is 4.87. The summed E-state index contributed by atoms with van der Waals surface area (Å²) in [5, 5.41) is 22.9. The topological polar surface area (TPSA) is 72.6 Å². The van der Waals surface area contributed by atoms with Gasteiger partial charge < -0.3 is 9.84 Å². The standard InChI is InChI=1S/C13H11Br2NO4S/c1-7(17)9-4-8(14)5-11(16(18)19)13(9)20-6-12-10(15)2-3-21-12/h2-5,7,17H,6H2,1H3/t7-/m0/s1. The Hall–Kier alpha value is -0.960. The second-order valence-corrected chi connectivity index (χ2v) is 7.03. The van der Waals surface area contributed by atoms with Gasteiger partial charge in [-0.15, -0.1) is 11.3 Å². The zero-order chi connectivity index (χ0) is 15.6. The molecule has 0 radical (unpaired) electrons. The molecular formula is C13H11Br2NO4S. The Kier molecular flexibility index (Phi) is 5.37. The summed E-state index contributed by atoms with van der Waals surface area (Å²) < 4.78 is 7.05. The molecule has 0 saturated carbocycles. The summed E-state index contributed by atoms with van der Waals surface area (Å²) in [7, 11) is 0. The fraction of sp³-hybridized carbons (Fsp3) is 0.231. The van der Waals surface area contributed by atoms with Gasteiger partial charge in [-0.3, -0.25) is 10.1 Å². The minimum atomic E-state index is -0.872. The Labute approximate surface area is 142 Å². The molecule has 8 heteroatoms. The highest BCUT2D eigenvalue weighted by molar-refractivity contribution is 9.10. The zero-order valence-electron chi connectivity index (χ0n) is 10.9. The third kappa shape index (κ3) is 3.82. The number of rotatable bonds is 5. The fourth-order valence-corrected chi connectivity index (χ4v) is 3.61. The van der Waals surface area contributed by atoms with Crippen LogP contribution in [0.2, 0.25) is 0 Å². The van der Waals surface area contributed by atoms with Crippen LogP contribution in [0.15, 0.2) is 32.5 Å². The number of benzene rings is 1. The summed E-state index contributed by atoms with van der Waals surface area (Å²) >= 11 is 8.08. The predicted molar refractivity (Wildman–Crippen MR) is 87.8 cm³/mol. The summed E-state index contributed by atoms with van der Waals surface area (Å²) in [5.41, 5.74) is 0.205. The number of halogens is 2. The maximum atomic E-state index is 11.2. The van der Waals surface area contributed by atoms with Crippen molar-refractivity contribution in [2.45, 2.75) is 19.6 Å². The van der Waals surface area contributed by atoms with E-state index in [1.165, 1.54) is 17.4 Å². The van der Waals surface area contributed by atoms with Crippen molar-refractivity contribution in [1.82, 2.24) is 0 Å². The van der Waals surface area contributed by atoms with Gasteiger partial charge in [-0.1, -0.05) is 15.9 Å². The van der Waals surface area contributed by atoms with Gasteiger partial charge in [0.2, 0.25) is 5.75 Å². The van der Waals surface area contributed by atoms with Gasteiger partial charge in [-0.25, -0.2) is 0 Å². The number of ether oxygens (including phenoxy) is 1. The van der Waals surface area contributed by atoms with Crippen LogP contribution >= 0.6 is 43.2 Å². The average Bonchev–Trinajstić information content (AvgIpc) is 2.81. The molecular weight excluding hydrogens is 426 g/mol. The quantitative estimate of drug-likeness (QED) is 0.538. The van der Waals surface area contributed by atoms with Crippen LogP contribution in [0, 0.1) is 10.1 Å². The van der Waals surface area contributed by atoms with Crippen LogP contribution in [0.3, 0.4) is 0 Å². The number of nitro groups is 1. The van der Waals surface area contributed by atoms with Crippen molar-refractivity contribution in [3.63, 3.8) is 0 Å². The molecule has 0 aliphatic rings. The third-order valence-corrected chi connectivity index (χ3v) is 5.11. The molecule has 0 aliphatic carbocycles. The maximum absolute atomic E-state index is 11.2. The maximum Gasteiger partial charge on any atom is 0.312 e. The Balaban J connectivity index is 2.40. The van der Waals surface area contributed by atoms with Crippen LogP contribution in [0.5, 0.6) is 5.75 Å². The van der Waals surface area contributed by atoms with Crippen molar-refractivity contribution in [3.05, 3.63) is 53.1 Å². The molecule has 1 atom stereocenters. The number of nitrogens with zero attached hydrogens (tertiary/aromatic N) is 1. The van der Waals surface area contributed by atoms with Crippen LogP contribution < -0.4 is 4.74 Å². The number of aliphatic hydroxyl groups is 1. The number of aliphatic hydroxyl groups excluding tert-OH is 1. The molecule has 5 nitrogen and oxygen atoms in total. The van der Waals surface area contributed by atoms with Gasteiger partial charge in [0.1, 0.15) is 6.61 Å². The molecule has 1 heterocycles. The van der Waals surface area contributed by atoms with Gasteiger partial charge in [0.05, 0.1) is 15.9 Å². The highest BCUT2D eigenvalue weighted by Gasteiger charge is 2.23. The molecule has 1 N–H and O–H groups in total. The molecule has 0 bridgehead atoms. The number of nitro benzene ring substituents is 1. The Morgan fingerprint density at radius 2 is 2.19 bits per heavy atom. The van der Waals surface area contributed by atoms with E-state index >= 15 is 0 Å². The molecule has 2 aromatic rings. The van der Waals surface area contributed by atoms with E-state index in [0.717, 1.165) is 9.35 Å². The normalized spacial score (nSPS) is 12.2. The lowest BCUT2D eigenvalue weighted by atomic mass is 10.1. The van der Waals surface area contributed by atoms with E-state index in [1.807, 2.05) is 11.4 Å². The van der Waals surface area contributed by atoms with E-state index < -0.39 is 11.0 Å². The van der Waals surface area contributed by atoms with Crippen LogP contribution in [0.1, 0.15) is 23.5 Å². The first-order valence-corrected chi connectivity index (χ1v) is 8.37. The molecule has 0 spiro atoms. The molecule has 112 valence electrons. The van der Waals surface area contributed by atoms with E-state index in [0.29, 0.717) is 10.0 Å². The summed E-state index contributed by atoms with van der Waals surface area (Å²) in [5.74, 6) is 0.0958. The van der Waals surface area contributed by atoms with Crippen molar-refractivity contribution in [2.75, 3.05) is 0 Å². The summed E-state index contributed by atoms with van der Waals surface area (Å²) in [6.07, 6.45) is -0.872. The van der Waals surface area contributed by atoms with Crippen molar-refractivity contribution in [1.29, 1.82) is 0 Å². The molecule has 21 heavy (non-hydrogen) atoms. The highest BCUT2D eigenvalue weighted by Crippen LogP contribution is 2.38. The van der Waals surface area contributed by atoms with Gasteiger partial charge in [-0.05, 0) is 40.4 Å². The molecule has 0 saturated heterocycles. The van der Waals surface area contributed by atoms with Crippen molar-refractivity contribution in [2.24, 2.45) is 0 Å². The fourth-order valence-electron chi connectivity index (χ4n) is 1.77. The van der Waals surface area contributed by atoms with Crippen molar-refractivity contribution < 1.29 is 14.8 Å². The first-order valence-electron chi connectivity index (χ1n) is 5.90. The predicted octanol–water partition coefficient (Wildman–Crippen LogP) is 4.81. The second kappa shape index (κ2) is 6.87. The van der Waals surface area contributed by atoms with Gasteiger partial charge in [0.15, 0.2) is 0 Å². The van der Waals surface area contributed by atoms with Crippen LogP contribution in [0.4, 0.5) is 5.69 Å². The van der Waals surface area contributed by atoms with E-state index in [4.69, 9.17) is 4.74 Å². The Bertz CT molecular complexity index is 672. The van der Waals surface area contributed by atoms with Crippen molar-refractivity contribution in [3.8, 4) is 5.75 Å². The molecule has 0 aliphatic heterocycles. The van der Waals surface area contributed by atoms with Gasteiger partial charge in [0.25, 0.3) is 0 Å². The number of thiophene rings is 1. The number of hydrogen-bond acceptors (Lipinski definition) is 5. The van der Waals surface area contributed by atoms with E-state index in [2.05, 4.69) is 31.9 Å². The van der Waals surface area contributed by atoms with Crippen LogP contribution in [-0.4, -0.2) is 10.0 Å². The smallest absolute Gasteiger partial charge is 0.312 e. The second-order valence-electron chi connectivity index (χ2n) is 4.26. The zero-order valence-corrected chi connectivity index (χ0v) is 14.9. The summed E-state index contributed by atoms with van der Waals surface area (Å²) in [4.78, 5) is 11.6. The lowest BCUT2D eigenvalue weighted by Gasteiger charge is -2.14. The van der Waals surface area contributed by atoms with Gasteiger partial charge in [0, 0.05) is 20.6 Å². The van der Waals surface area contributed by atoms with Gasteiger partial charge >= 0.3 is 5.69 Å². The van der Waals surface area contributed by atoms with E-state index in [1.54, 1.807) is 13.0 Å². The molecule has 1 aromatic heterocycles. The number of hydrogen-bond donors (Lipinski definition) is 1. The SMILES string of the molecule is C[C@H](O)c1cc(Br)cc([N+](=O)[O-])c1OCc1sccc1Br.